The van der Waals surface area contributed by atoms with Gasteiger partial charge in [-0.2, -0.15) is 0 Å². The summed E-state index contributed by atoms with van der Waals surface area (Å²) in [5.74, 6) is 0. The fourth-order valence-electron chi connectivity index (χ4n) is 2.00. The van der Waals surface area contributed by atoms with E-state index in [1.807, 2.05) is 6.92 Å². The molecule has 0 radical (unpaired) electrons. The second-order valence-corrected chi connectivity index (χ2v) is 4.99. The number of nitrogens with one attached hydrogen (secondary N) is 1. The minimum absolute atomic E-state index is 0.784. The van der Waals surface area contributed by atoms with E-state index in [1.54, 1.807) is 0 Å². The summed E-state index contributed by atoms with van der Waals surface area (Å²) in [5, 5.41) is 4.65. The van der Waals surface area contributed by atoms with Crippen LogP contribution in [0.3, 0.4) is 0 Å². The Hall–Kier alpha value is -0.840. The number of hydrogen-bond donors (Lipinski definition) is 1. The van der Waals surface area contributed by atoms with E-state index in [1.165, 1.54) is 10.9 Å². The number of nitrogens with zero attached hydrogens (tertiary/aromatic N) is 1. The number of ether oxygens (including phenoxy) is 1. The molecule has 0 aliphatic rings. The third-order valence-corrected chi connectivity index (χ3v) is 3.53. The quantitative estimate of drug-likeness (QED) is 0.796. The fourth-order valence-corrected chi connectivity index (χ4v) is 2.58. The van der Waals surface area contributed by atoms with Crippen molar-refractivity contribution in [1.82, 2.24) is 9.88 Å². The lowest BCUT2D eigenvalue weighted by molar-refractivity contribution is 0.149. The molecule has 0 bridgehead atoms. The predicted octanol–water partition coefficient (Wildman–Crippen LogP) is 3.03. The third kappa shape index (κ3) is 3.34. The first-order chi connectivity index (χ1) is 8.83. The van der Waals surface area contributed by atoms with Crippen LogP contribution in [0.15, 0.2) is 34.9 Å². The van der Waals surface area contributed by atoms with Crippen LogP contribution in [0.5, 0.6) is 0 Å². The smallest absolute Gasteiger partial charge is 0.0590 e. The number of halogens is 1. The van der Waals surface area contributed by atoms with Gasteiger partial charge in [0.1, 0.15) is 0 Å². The molecule has 1 aromatic carbocycles. The van der Waals surface area contributed by atoms with Gasteiger partial charge in [0.25, 0.3) is 0 Å². The van der Waals surface area contributed by atoms with Gasteiger partial charge in [0.2, 0.25) is 0 Å². The lowest BCUT2D eigenvalue weighted by Crippen LogP contribution is -2.23. The molecule has 0 aliphatic heterocycles. The van der Waals surface area contributed by atoms with Crippen molar-refractivity contribution >= 4 is 26.8 Å². The Bertz CT molecular complexity index is 495. The first-order valence-corrected chi connectivity index (χ1v) is 7.14. The van der Waals surface area contributed by atoms with Crippen LogP contribution in [-0.2, 0) is 11.3 Å². The molecule has 1 aromatic heterocycles. The van der Waals surface area contributed by atoms with E-state index in [-0.39, 0.29) is 0 Å². The molecular formula is C14H19BrN2O. The molecule has 4 heteroatoms. The molecule has 0 saturated carbocycles. The summed E-state index contributed by atoms with van der Waals surface area (Å²) >= 11 is 3.60. The van der Waals surface area contributed by atoms with Crippen LogP contribution in [-0.4, -0.2) is 30.9 Å². The molecular weight excluding hydrogens is 292 g/mol. The first-order valence-electron chi connectivity index (χ1n) is 6.34. The lowest BCUT2D eigenvalue weighted by Gasteiger charge is -2.07. The Morgan fingerprint density at radius 1 is 1.28 bits per heavy atom. The molecule has 0 unspecified atom stereocenters. The molecule has 18 heavy (non-hydrogen) atoms. The van der Waals surface area contributed by atoms with Gasteiger partial charge in [-0.3, -0.25) is 0 Å². The molecule has 3 nitrogen and oxygen atoms in total. The van der Waals surface area contributed by atoms with Crippen LogP contribution >= 0.6 is 15.9 Å². The Morgan fingerprint density at radius 3 is 2.94 bits per heavy atom. The number of hydrogen-bond acceptors (Lipinski definition) is 2. The monoisotopic (exact) mass is 310 g/mol. The first kappa shape index (κ1) is 13.6. The van der Waals surface area contributed by atoms with Gasteiger partial charge < -0.3 is 14.6 Å². The molecule has 1 heterocycles. The average molecular weight is 311 g/mol. The Kier molecular flexibility index (Phi) is 5.23. The summed E-state index contributed by atoms with van der Waals surface area (Å²) in [4.78, 5) is 0. The van der Waals surface area contributed by atoms with Crippen molar-refractivity contribution in [2.24, 2.45) is 0 Å². The summed E-state index contributed by atoms with van der Waals surface area (Å²) in [5.41, 5.74) is 1.27. The minimum Gasteiger partial charge on any atom is -0.380 e. The minimum atomic E-state index is 0.784. The Balaban J connectivity index is 1.88. The average Bonchev–Trinajstić information content (AvgIpc) is 2.71. The van der Waals surface area contributed by atoms with Gasteiger partial charge in [0.15, 0.2) is 0 Å². The molecule has 0 spiro atoms. The highest BCUT2D eigenvalue weighted by Crippen LogP contribution is 2.25. The molecule has 2 rings (SSSR count). The number of benzene rings is 1. The topological polar surface area (TPSA) is 26.2 Å². The van der Waals surface area contributed by atoms with Crippen molar-refractivity contribution in [3.63, 3.8) is 0 Å². The summed E-state index contributed by atoms with van der Waals surface area (Å²) in [7, 11) is 0. The summed E-state index contributed by atoms with van der Waals surface area (Å²) in [6.07, 6.45) is 2.15. The van der Waals surface area contributed by atoms with E-state index in [4.69, 9.17) is 4.74 Å². The highest BCUT2D eigenvalue weighted by molar-refractivity contribution is 9.10. The molecule has 1 N–H and O–H groups in total. The van der Waals surface area contributed by atoms with Crippen LogP contribution in [0.1, 0.15) is 6.92 Å². The lowest BCUT2D eigenvalue weighted by atomic mass is 10.2. The maximum absolute atomic E-state index is 5.28. The SMILES string of the molecule is CCOCCNCCn1cc(Br)c2ccccc21. The molecule has 0 aliphatic carbocycles. The van der Waals surface area contributed by atoms with Gasteiger partial charge >= 0.3 is 0 Å². The maximum Gasteiger partial charge on any atom is 0.0590 e. The van der Waals surface area contributed by atoms with E-state index in [9.17, 15) is 0 Å². The van der Waals surface area contributed by atoms with Crippen LogP contribution in [0.25, 0.3) is 10.9 Å². The zero-order valence-corrected chi connectivity index (χ0v) is 12.2. The van der Waals surface area contributed by atoms with E-state index in [0.717, 1.165) is 37.3 Å². The molecule has 0 saturated heterocycles. The number of rotatable bonds is 7. The Labute approximate surface area is 116 Å². The van der Waals surface area contributed by atoms with E-state index in [0.29, 0.717) is 0 Å². The molecule has 0 atom stereocenters. The van der Waals surface area contributed by atoms with Gasteiger partial charge in [-0.05, 0) is 28.9 Å². The zero-order valence-electron chi connectivity index (χ0n) is 10.7. The highest BCUT2D eigenvalue weighted by atomic mass is 79.9. The van der Waals surface area contributed by atoms with Gasteiger partial charge in [-0.15, -0.1) is 0 Å². The molecule has 98 valence electrons. The largest absolute Gasteiger partial charge is 0.380 e. The van der Waals surface area contributed by atoms with Crippen LogP contribution < -0.4 is 5.32 Å². The summed E-state index contributed by atoms with van der Waals surface area (Å²) in [6.45, 7) is 6.43. The normalized spacial score (nSPS) is 11.2. The second kappa shape index (κ2) is 6.92. The maximum atomic E-state index is 5.28. The highest BCUT2D eigenvalue weighted by Gasteiger charge is 2.04. The van der Waals surface area contributed by atoms with Crippen molar-refractivity contribution in [1.29, 1.82) is 0 Å². The van der Waals surface area contributed by atoms with Crippen LogP contribution in [0.4, 0.5) is 0 Å². The van der Waals surface area contributed by atoms with Gasteiger partial charge in [0, 0.05) is 47.8 Å². The van der Waals surface area contributed by atoms with Gasteiger partial charge in [-0.25, -0.2) is 0 Å². The standard InChI is InChI=1S/C14H19BrN2O/c1-2-18-10-8-16-7-9-17-11-13(15)12-5-3-4-6-14(12)17/h3-6,11,16H,2,7-10H2,1H3. The van der Waals surface area contributed by atoms with E-state index < -0.39 is 0 Å². The van der Waals surface area contributed by atoms with Crippen molar-refractivity contribution in [3.8, 4) is 0 Å². The summed E-state index contributed by atoms with van der Waals surface area (Å²) < 4.78 is 8.71. The van der Waals surface area contributed by atoms with Crippen molar-refractivity contribution in [3.05, 3.63) is 34.9 Å². The van der Waals surface area contributed by atoms with Crippen LogP contribution in [0.2, 0.25) is 0 Å². The second-order valence-electron chi connectivity index (χ2n) is 4.13. The van der Waals surface area contributed by atoms with Crippen molar-refractivity contribution in [2.75, 3.05) is 26.3 Å². The number of para-hydroxylation sites is 1. The van der Waals surface area contributed by atoms with Crippen LogP contribution in [0, 0.1) is 0 Å². The van der Waals surface area contributed by atoms with E-state index >= 15 is 0 Å². The number of fused-ring (bicyclic) bond motifs is 1. The zero-order chi connectivity index (χ0) is 12.8. The fraction of sp³-hybridized carbons (Fsp3) is 0.429. The number of aromatic nitrogens is 1. The van der Waals surface area contributed by atoms with Crippen molar-refractivity contribution < 1.29 is 4.74 Å². The third-order valence-electron chi connectivity index (χ3n) is 2.90. The van der Waals surface area contributed by atoms with E-state index in [2.05, 4.69) is 56.3 Å². The molecule has 0 fully saturated rings. The summed E-state index contributed by atoms with van der Waals surface area (Å²) in [6, 6.07) is 8.43. The Morgan fingerprint density at radius 2 is 2.11 bits per heavy atom. The molecule has 2 aromatic rings. The van der Waals surface area contributed by atoms with Crippen molar-refractivity contribution in [2.45, 2.75) is 13.5 Å². The van der Waals surface area contributed by atoms with Gasteiger partial charge in [0.05, 0.1) is 6.61 Å². The van der Waals surface area contributed by atoms with Gasteiger partial charge in [-0.1, -0.05) is 18.2 Å². The predicted molar refractivity (Wildman–Crippen MR) is 79.0 cm³/mol. The molecule has 0 amide bonds.